The third kappa shape index (κ3) is 2.38. The van der Waals surface area contributed by atoms with Crippen LogP contribution in [0.5, 0.6) is 0 Å². The summed E-state index contributed by atoms with van der Waals surface area (Å²) in [6, 6.07) is 16.2. The van der Waals surface area contributed by atoms with E-state index in [0.717, 1.165) is 21.8 Å². The van der Waals surface area contributed by atoms with Crippen LogP contribution in [-0.4, -0.2) is 6.85 Å². The van der Waals surface area contributed by atoms with Crippen LogP contribution in [0.2, 0.25) is 6.82 Å². The van der Waals surface area contributed by atoms with E-state index >= 15 is 0 Å². The van der Waals surface area contributed by atoms with Crippen LogP contribution in [0, 0.1) is 13.8 Å². The number of anilines is 1. The van der Waals surface area contributed by atoms with E-state index in [9.17, 15) is 0 Å². The highest BCUT2D eigenvalue weighted by Gasteiger charge is 2.32. The number of aryl methyl sites for hydroxylation is 3. The number of aromatic nitrogens is 1. The average molecular weight is 330 g/mol. The topological polar surface area (TPSA) is 7.12 Å². The molecule has 2 nitrogen and oxygen atoms in total. The van der Waals surface area contributed by atoms with Gasteiger partial charge in [0.05, 0.1) is 13.2 Å². The van der Waals surface area contributed by atoms with Crippen molar-refractivity contribution in [3.63, 3.8) is 0 Å². The van der Waals surface area contributed by atoms with E-state index in [-0.39, 0.29) is 6.85 Å². The summed E-state index contributed by atoms with van der Waals surface area (Å²) in [5.41, 5.74) is 4.07. The monoisotopic (exact) mass is 330 g/mol. The molecule has 1 aliphatic heterocycles. The third-order valence-electron chi connectivity index (χ3n) is 5.32. The molecule has 0 aliphatic carbocycles. The molecular formula is C22H24BN2+. The van der Waals surface area contributed by atoms with Crippen molar-refractivity contribution in [2.24, 2.45) is 7.05 Å². The molecule has 1 aromatic heterocycles. The first-order valence-electron chi connectivity index (χ1n) is 10.2. The van der Waals surface area contributed by atoms with Gasteiger partial charge in [-0.25, -0.2) is 4.57 Å². The van der Waals surface area contributed by atoms with Gasteiger partial charge in [0.1, 0.15) is 5.52 Å². The van der Waals surface area contributed by atoms with Crippen molar-refractivity contribution < 1.29 is 8.68 Å². The van der Waals surface area contributed by atoms with Gasteiger partial charge < -0.3 is 0 Å². The molecule has 0 fully saturated rings. The minimum Gasteiger partial charge on any atom is -0.293 e. The second-order valence-corrected chi connectivity index (χ2v) is 6.93. The Kier molecular flexibility index (Phi) is 2.94. The Balaban J connectivity index is 2.02. The molecule has 0 saturated carbocycles. The predicted octanol–water partition coefficient (Wildman–Crippen LogP) is 2.87. The van der Waals surface area contributed by atoms with Gasteiger partial charge in [-0.1, -0.05) is 36.4 Å². The molecule has 2 heterocycles. The zero-order valence-corrected chi connectivity index (χ0v) is 15.2. The van der Waals surface area contributed by atoms with Crippen molar-refractivity contribution in [2.75, 3.05) is 4.81 Å². The van der Waals surface area contributed by atoms with Crippen LogP contribution in [0.3, 0.4) is 0 Å². The number of benzene rings is 2. The molecule has 0 unspecified atom stereocenters. The molecule has 0 spiro atoms. The summed E-state index contributed by atoms with van der Waals surface area (Å²) in [7, 11) is 2.05. The van der Waals surface area contributed by atoms with Gasteiger partial charge in [-0.2, -0.15) is 0 Å². The van der Waals surface area contributed by atoms with E-state index in [1.165, 1.54) is 16.5 Å². The third-order valence-corrected chi connectivity index (χ3v) is 5.32. The van der Waals surface area contributed by atoms with Gasteiger partial charge in [-0.15, -0.1) is 0 Å². The molecule has 0 saturated heterocycles. The summed E-state index contributed by atoms with van der Waals surface area (Å²) >= 11 is 0. The maximum Gasteiger partial charge on any atom is 0.405 e. The highest BCUT2D eigenvalue weighted by molar-refractivity contribution is 6.80. The van der Waals surface area contributed by atoms with Crippen molar-refractivity contribution >= 4 is 35.2 Å². The number of hydrogen-bond donors (Lipinski definition) is 0. The van der Waals surface area contributed by atoms with Crippen LogP contribution in [0.15, 0.2) is 48.5 Å². The minimum absolute atomic E-state index is 0.268. The Morgan fingerprint density at radius 3 is 2.64 bits per heavy atom. The SMILES string of the molecule is [2H]C([2H])([2H])C1=c2ccccc2=CN(c2cc(C)c3c(C)cccc3[n+]2C)B1C. The van der Waals surface area contributed by atoms with Gasteiger partial charge in [0.25, 0.3) is 5.82 Å². The lowest BCUT2D eigenvalue weighted by molar-refractivity contribution is -0.631. The lowest BCUT2D eigenvalue weighted by atomic mass is 9.55. The van der Waals surface area contributed by atoms with Crippen LogP contribution in [0.1, 0.15) is 22.1 Å². The molecule has 0 amide bonds. The molecule has 124 valence electrons. The Labute approximate surface area is 154 Å². The molecule has 0 N–H and O–H groups in total. The molecule has 0 radical (unpaired) electrons. The van der Waals surface area contributed by atoms with Gasteiger partial charge in [-0.05, 0) is 55.4 Å². The molecule has 0 bridgehead atoms. The summed E-state index contributed by atoms with van der Waals surface area (Å²) in [5, 5.41) is 3.01. The van der Waals surface area contributed by atoms with Crippen molar-refractivity contribution in [3.05, 3.63) is 70.1 Å². The van der Waals surface area contributed by atoms with Crippen molar-refractivity contribution in [2.45, 2.75) is 27.5 Å². The van der Waals surface area contributed by atoms with E-state index in [1.54, 1.807) is 0 Å². The van der Waals surface area contributed by atoms with Crippen LogP contribution < -0.4 is 19.8 Å². The first-order chi connectivity index (χ1) is 13.2. The quantitative estimate of drug-likeness (QED) is 0.492. The summed E-state index contributed by atoms with van der Waals surface area (Å²) < 4.78 is 26.6. The van der Waals surface area contributed by atoms with Crippen molar-refractivity contribution in [1.29, 1.82) is 0 Å². The Bertz CT molecular complexity index is 1210. The zero-order chi connectivity index (χ0) is 20.2. The van der Waals surface area contributed by atoms with Gasteiger partial charge in [0.2, 0.25) is 0 Å². The second kappa shape index (κ2) is 5.77. The zero-order valence-electron chi connectivity index (χ0n) is 18.2. The number of pyridine rings is 1. The fourth-order valence-corrected chi connectivity index (χ4v) is 3.92. The van der Waals surface area contributed by atoms with Gasteiger partial charge in [0, 0.05) is 20.8 Å². The fraction of sp³-hybridized carbons (Fsp3) is 0.227. The number of fused-ring (bicyclic) bond motifs is 2. The van der Waals surface area contributed by atoms with Crippen molar-refractivity contribution in [3.8, 4) is 0 Å². The number of rotatable bonds is 1. The van der Waals surface area contributed by atoms with E-state index < -0.39 is 6.85 Å². The molecule has 1 aliphatic rings. The van der Waals surface area contributed by atoms with Crippen molar-refractivity contribution in [1.82, 2.24) is 0 Å². The van der Waals surface area contributed by atoms with E-state index in [2.05, 4.69) is 53.7 Å². The van der Waals surface area contributed by atoms with E-state index in [1.807, 2.05) is 38.1 Å². The smallest absolute Gasteiger partial charge is 0.293 e. The summed E-state index contributed by atoms with van der Waals surface area (Å²) in [6.07, 6.45) is 2.08. The highest BCUT2D eigenvalue weighted by Crippen LogP contribution is 2.25. The standard InChI is InChI=1S/C22H24BN2/c1-15-9-8-12-20-22(15)16(2)13-21(24(20)5)25-14-18-10-6-7-11-19(18)17(3)23(25)4/h6-14H,1-5H3/q+1/i3D3. The lowest BCUT2D eigenvalue weighted by Crippen LogP contribution is -2.50. The molecular weight excluding hydrogens is 303 g/mol. The molecule has 2 aromatic carbocycles. The van der Waals surface area contributed by atoms with Crippen LogP contribution in [-0.2, 0) is 7.05 Å². The van der Waals surface area contributed by atoms with E-state index in [4.69, 9.17) is 4.11 Å². The maximum absolute atomic E-state index is 8.14. The molecule has 3 aromatic rings. The summed E-state index contributed by atoms with van der Waals surface area (Å²) in [4.78, 5) is 2.10. The van der Waals surface area contributed by atoms with E-state index in [0.29, 0.717) is 5.47 Å². The Morgan fingerprint density at radius 2 is 1.84 bits per heavy atom. The average Bonchev–Trinajstić information content (AvgIpc) is 2.63. The predicted molar refractivity (Wildman–Crippen MR) is 108 cm³/mol. The summed E-state index contributed by atoms with van der Waals surface area (Å²) in [6.45, 7) is 3.81. The second-order valence-electron chi connectivity index (χ2n) is 6.93. The number of hydrogen-bond acceptors (Lipinski definition) is 1. The largest absolute Gasteiger partial charge is 0.405 e. The lowest BCUT2D eigenvalue weighted by Gasteiger charge is -2.24. The van der Waals surface area contributed by atoms with Gasteiger partial charge in [0.15, 0.2) is 0 Å². The fourth-order valence-electron chi connectivity index (χ4n) is 3.92. The molecule has 0 atom stereocenters. The number of nitrogens with zero attached hydrogens (tertiary/aromatic N) is 2. The first kappa shape index (κ1) is 12.8. The normalized spacial score (nSPS) is 16.2. The van der Waals surface area contributed by atoms with Gasteiger partial charge >= 0.3 is 6.85 Å². The Hall–Kier alpha value is -2.55. The van der Waals surface area contributed by atoms with Crippen LogP contribution in [0.25, 0.3) is 22.6 Å². The first-order valence-corrected chi connectivity index (χ1v) is 8.69. The summed E-state index contributed by atoms with van der Waals surface area (Å²) in [5.74, 6) is 0.986. The Morgan fingerprint density at radius 1 is 1.04 bits per heavy atom. The minimum atomic E-state index is -2.15. The maximum atomic E-state index is 8.14. The molecule has 4 rings (SSSR count). The van der Waals surface area contributed by atoms with Crippen LogP contribution >= 0.6 is 0 Å². The molecule has 25 heavy (non-hydrogen) atoms. The van der Waals surface area contributed by atoms with Gasteiger partial charge in [-0.3, -0.25) is 4.81 Å². The molecule has 3 heteroatoms. The highest BCUT2D eigenvalue weighted by atomic mass is 15.2. The van der Waals surface area contributed by atoms with Crippen LogP contribution in [0.4, 0.5) is 5.82 Å².